The zero-order valence-corrected chi connectivity index (χ0v) is 46.1. The molecule has 0 radical (unpaired) electrons. The molecule has 0 spiro atoms. The number of ether oxygens (including phenoxy) is 1. The van der Waals surface area contributed by atoms with Gasteiger partial charge in [0.2, 0.25) is 5.91 Å². The Morgan fingerprint density at radius 3 is 1.00 bits per heavy atom. The normalized spacial score (nSPS) is 12.6. The summed E-state index contributed by atoms with van der Waals surface area (Å²) in [4.78, 5) is 24.6. The number of esters is 1. The zero-order valence-electron chi connectivity index (χ0n) is 46.1. The fraction of sp³-hybridized carbons (Fsp3) is 0.935. The lowest BCUT2D eigenvalue weighted by Crippen LogP contribution is -2.45. The fourth-order valence-corrected chi connectivity index (χ4v) is 9.81. The highest BCUT2D eigenvalue weighted by Crippen LogP contribution is 2.18. The second kappa shape index (κ2) is 58.2. The quantitative estimate of drug-likeness (QED) is 0.0321. The van der Waals surface area contributed by atoms with Crippen molar-refractivity contribution in [2.75, 3.05) is 13.2 Å². The third-order valence-corrected chi connectivity index (χ3v) is 14.6. The van der Waals surface area contributed by atoms with Crippen LogP contribution >= 0.6 is 0 Å². The number of allylic oxidation sites excluding steroid dienone is 1. The zero-order chi connectivity index (χ0) is 49.3. The Kier molecular flexibility index (Phi) is 57.0. The SMILES string of the molecule is CCCCCCCCCCCCCCCCCCCCCCCCC/C=C/C(O)C(CO)NC(=O)CCCCCCCCCCCCCCOC(=O)CCCCCCCCCCCCCCCC. The van der Waals surface area contributed by atoms with Crippen LogP contribution in [-0.4, -0.2) is 47.4 Å². The summed E-state index contributed by atoms with van der Waals surface area (Å²) < 4.78 is 5.47. The summed E-state index contributed by atoms with van der Waals surface area (Å²) in [5.41, 5.74) is 0. The number of aliphatic hydroxyl groups is 2. The molecule has 0 aromatic carbocycles. The van der Waals surface area contributed by atoms with Crippen molar-refractivity contribution in [3.8, 4) is 0 Å². The average Bonchev–Trinajstić information content (AvgIpc) is 3.34. The second-order valence-corrected chi connectivity index (χ2v) is 21.4. The Labute approximate surface area is 425 Å². The Morgan fingerprint density at radius 1 is 0.397 bits per heavy atom. The summed E-state index contributed by atoms with van der Waals surface area (Å²) in [7, 11) is 0. The summed E-state index contributed by atoms with van der Waals surface area (Å²) in [6, 6.07) is -0.640. The summed E-state index contributed by atoms with van der Waals surface area (Å²) in [6.07, 6.45) is 69.6. The van der Waals surface area contributed by atoms with Crippen LogP contribution in [0.5, 0.6) is 0 Å². The van der Waals surface area contributed by atoms with Crippen LogP contribution in [0.15, 0.2) is 12.2 Å². The van der Waals surface area contributed by atoms with Crippen LogP contribution < -0.4 is 5.32 Å². The van der Waals surface area contributed by atoms with Gasteiger partial charge in [0, 0.05) is 12.8 Å². The molecule has 0 fully saturated rings. The molecule has 2 unspecified atom stereocenters. The van der Waals surface area contributed by atoms with Gasteiger partial charge in [-0.15, -0.1) is 0 Å². The molecule has 6 nitrogen and oxygen atoms in total. The largest absolute Gasteiger partial charge is 0.466 e. The molecule has 0 aliphatic heterocycles. The third kappa shape index (κ3) is 53.9. The molecule has 1 amide bonds. The van der Waals surface area contributed by atoms with E-state index in [2.05, 4.69) is 19.2 Å². The molecule has 0 saturated carbocycles. The maximum atomic E-state index is 12.5. The van der Waals surface area contributed by atoms with Crippen LogP contribution in [0, 0.1) is 0 Å². The molecule has 0 saturated heterocycles. The molecule has 0 aliphatic rings. The van der Waals surface area contributed by atoms with Crippen molar-refractivity contribution in [2.24, 2.45) is 0 Å². The van der Waals surface area contributed by atoms with Crippen LogP contribution in [0.4, 0.5) is 0 Å². The lowest BCUT2D eigenvalue weighted by Gasteiger charge is -2.20. The van der Waals surface area contributed by atoms with Crippen LogP contribution in [0.1, 0.15) is 348 Å². The predicted molar refractivity (Wildman–Crippen MR) is 297 cm³/mol. The van der Waals surface area contributed by atoms with Crippen molar-refractivity contribution in [1.82, 2.24) is 5.32 Å². The first-order valence-corrected chi connectivity index (χ1v) is 31.0. The highest BCUT2D eigenvalue weighted by atomic mass is 16.5. The van der Waals surface area contributed by atoms with E-state index in [9.17, 15) is 19.8 Å². The van der Waals surface area contributed by atoms with Gasteiger partial charge in [0.15, 0.2) is 0 Å². The van der Waals surface area contributed by atoms with E-state index in [1.54, 1.807) is 6.08 Å². The number of carbonyl (C=O) groups excluding carboxylic acids is 2. The number of hydrogen-bond donors (Lipinski definition) is 3. The van der Waals surface area contributed by atoms with E-state index in [-0.39, 0.29) is 18.5 Å². The number of hydrogen-bond acceptors (Lipinski definition) is 5. The van der Waals surface area contributed by atoms with E-state index in [0.29, 0.717) is 19.4 Å². The van der Waals surface area contributed by atoms with Crippen LogP contribution in [0.3, 0.4) is 0 Å². The van der Waals surface area contributed by atoms with Crippen LogP contribution in [0.2, 0.25) is 0 Å². The van der Waals surface area contributed by atoms with E-state index < -0.39 is 12.1 Å². The van der Waals surface area contributed by atoms with Crippen LogP contribution in [0.25, 0.3) is 0 Å². The number of carbonyl (C=O) groups is 2. The van der Waals surface area contributed by atoms with Gasteiger partial charge in [0.1, 0.15) is 0 Å². The first-order chi connectivity index (χ1) is 33.5. The molecule has 404 valence electrons. The predicted octanol–water partition coefficient (Wildman–Crippen LogP) is 19.2. The van der Waals surface area contributed by atoms with E-state index >= 15 is 0 Å². The first kappa shape index (κ1) is 66.6. The van der Waals surface area contributed by atoms with Gasteiger partial charge in [-0.25, -0.2) is 0 Å². The highest BCUT2D eigenvalue weighted by Gasteiger charge is 2.18. The molecule has 6 heteroatoms. The smallest absolute Gasteiger partial charge is 0.305 e. The van der Waals surface area contributed by atoms with Crippen LogP contribution in [-0.2, 0) is 14.3 Å². The first-order valence-electron chi connectivity index (χ1n) is 31.0. The Bertz CT molecular complexity index is 1020. The van der Waals surface area contributed by atoms with Gasteiger partial charge in [-0.2, -0.15) is 0 Å². The minimum absolute atomic E-state index is 0.00732. The van der Waals surface area contributed by atoms with Gasteiger partial charge in [-0.3, -0.25) is 9.59 Å². The molecule has 0 aliphatic carbocycles. The molecule has 0 bridgehead atoms. The fourth-order valence-electron chi connectivity index (χ4n) is 9.81. The number of unbranched alkanes of at least 4 members (excludes halogenated alkanes) is 47. The topological polar surface area (TPSA) is 95.9 Å². The van der Waals surface area contributed by atoms with Crippen molar-refractivity contribution in [1.29, 1.82) is 0 Å². The highest BCUT2D eigenvalue weighted by molar-refractivity contribution is 5.76. The Hall–Kier alpha value is -1.40. The van der Waals surface area contributed by atoms with E-state index in [4.69, 9.17) is 4.74 Å². The van der Waals surface area contributed by atoms with Gasteiger partial charge in [-0.1, -0.05) is 315 Å². The minimum Gasteiger partial charge on any atom is -0.466 e. The molecule has 0 aromatic rings. The molecule has 0 heterocycles. The van der Waals surface area contributed by atoms with Crippen molar-refractivity contribution < 1.29 is 24.5 Å². The Balaban J connectivity index is 3.47. The van der Waals surface area contributed by atoms with Gasteiger partial charge < -0.3 is 20.3 Å². The van der Waals surface area contributed by atoms with Crippen molar-refractivity contribution in [2.45, 2.75) is 360 Å². The van der Waals surface area contributed by atoms with Gasteiger partial charge >= 0.3 is 5.97 Å². The number of aliphatic hydroxyl groups excluding tert-OH is 2. The monoisotopic (exact) mass is 960 g/mol. The molecule has 68 heavy (non-hydrogen) atoms. The molecule has 2 atom stereocenters. The van der Waals surface area contributed by atoms with Gasteiger partial charge in [0.25, 0.3) is 0 Å². The summed E-state index contributed by atoms with van der Waals surface area (Å²) >= 11 is 0. The summed E-state index contributed by atoms with van der Waals surface area (Å²) in [5.74, 6) is -0.0863. The van der Waals surface area contributed by atoms with Crippen molar-refractivity contribution >= 4 is 11.9 Å². The molecule has 0 aromatic heterocycles. The van der Waals surface area contributed by atoms with Crippen molar-refractivity contribution in [3.63, 3.8) is 0 Å². The molecular formula is C62H121NO5. The van der Waals surface area contributed by atoms with E-state index in [0.717, 1.165) is 57.8 Å². The van der Waals surface area contributed by atoms with E-state index in [1.165, 1.54) is 263 Å². The standard InChI is InChI=1S/C62H121NO5/c1-3-5-7-9-11-13-15-17-19-20-21-22-23-24-25-26-27-28-29-30-34-38-42-46-50-54-60(65)59(58-64)63-61(66)55-51-47-43-39-35-32-33-37-41-45-49-53-57-68-62(67)56-52-48-44-40-36-31-18-16-14-12-10-8-6-4-2/h50,54,59-60,64-65H,3-49,51-53,55-58H2,1-2H3,(H,63,66)/b54-50+. The lowest BCUT2D eigenvalue weighted by atomic mass is 10.0. The van der Waals surface area contributed by atoms with Gasteiger partial charge in [0.05, 0.1) is 25.4 Å². The maximum absolute atomic E-state index is 12.5. The molecular weight excluding hydrogens is 839 g/mol. The number of nitrogens with one attached hydrogen (secondary N) is 1. The van der Waals surface area contributed by atoms with Gasteiger partial charge in [-0.05, 0) is 32.1 Å². The molecule has 0 rings (SSSR count). The number of rotatable bonds is 58. The average molecular weight is 961 g/mol. The summed E-state index contributed by atoms with van der Waals surface area (Å²) in [6.45, 7) is 4.90. The third-order valence-electron chi connectivity index (χ3n) is 14.6. The second-order valence-electron chi connectivity index (χ2n) is 21.4. The Morgan fingerprint density at radius 2 is 0.676 bits per heavy atom. The maximum Gasteiger partial charge on any atom is 0.305 e. The van der Waals surface area contributed by atoms with Crippen molar-refractivity contribution in [3.05, 3.63) is 12.2 Å². The lowest BCUT2D eigenvalue weighted by molar-refractivity contribution is -0.143. The summed E-state index contributed by atoms with van der Waals surface area (Å²) in [5, 5.41) is 23.2. The van der Waals surface area contributed by atoms with E-state index in [1.807, 2.05) is 6.08 Å². The molecule has 3 N–H and O–H groups in total. The minimum atomic E-state index is -0.855. The number of amides is 1.